The molecule has 23 heteroatoms. The van der Waals surface area contributed by atoms with Crippen LogP contribution >= 0.6 is 12.4 Å². The van der Waals surface area contributed by atoms with E-state index in [0.29, 0.717) is 105 Å². The summed E-state index contributed by atoms with van der Waals surface area (Å²) < 4.78 is 55.8. The number of non-ortho nitro benzene ring substituents is 1. The van der Waals surface area contributed by atoms with Crippen molar-refractivity contribution >= 4 is 42.2 Å². The van der Waals surface area contributed by atoms with Gasteiger partial charge in [-0.15, -0.1) is 12.4 Å². The third-order valence-corrected chi connectivity index (χ3v) is 33.7. The number of hydrogen-bond acceptors (Lipinski definition) is 18. The van der Waals surface area contributed by atoms with Gasteiger partial charge < -0.3 is 72.9 Å². The van der Waals surface area contributed by atoms with E-state index in [4.69, 9.17) is 42.6 Å². The van der Waals surface area contributed by atoms with Gasteiger partial charge in [-0.2, -0.15) is 0 Å². The SMILES string of the molecule is CNC.C[C@@H]1C[C@H](COC(=O)N(C)C)O[C@H]2[C@H]1[C@@]1(C)CC[C@@]34C[C@@]35CC[C@H](O[C@H]3CN(C(=O)CC6CC6)CCO3)C(C)(C)[C@@H]5CC[C@H]4[C@]1(C)[C@H]2O.C[C@@H]1C[C@H](COC(=O)Oc2ccc([N+](=O)[O-])cc2)O[C@H]2[C@H]1[C@@]1(C)CC[C@@]34C[C@@]35CC[C@H](O[C@H]3CN(C(=O)CC6CC6)CCO3)C(C)(C)[C@@H]5CC[C@H]4[C@]1(C)[C@H]2O.Cl. The second-order valence-corrected chi connectivity index (χ2v) is 39.5. The Hall–Kier alpha value is -3.97. The number of nitrogens with zero attached hydrogens (tertiary/aromatic N) is 4. The summed E-state index contributed by atoms with van der Waals surface area (Å²) in [7, 11) is 7.15. The molecule has 12 aliphatic carbocycles. The Morgan fingerprint density at radius 3 is 1.39 bits per heavy atom. The number of morpholine rings is 2. The summed E-state index contributed by atoms with van der Waals surface area (Å²) in [6.45, 7) is 27.8. The van der Waals surface area contributed by atoms with Crippen molar-refractivity contribution in [2.24, 2.45) is 113 Å². The summed E-state index contributed by atoms with van der Waals surface area (Å²) in [6, 6.07) is 5.29. The fraction of sp³-hybridized carbons (Fsp3) is 0.881. The number of carbonyl (C=O) groups excluding carboxylic acids is 4. The minimum atomic E-state index is -0.889. The van der Waals surface area contributed by atoms with E-state index in [9.17, 15) is 39.5 Å². The molecule has 0 bridgehead atoms. The maximum atomic E-state index is 12.9. The van der Waals surface area contributed by atoms with E-state index in [0.717, 1.165) is 64.2 Å². The minimum Gasteiger partial charge on any atom is -0.447 e. The van der Waals surface area contributed by atoms with Crippen LogP contribution in [0.25, 0.3) is 0 Å². The van der Waals surface area contributed by atoms with E-state index < -0.39 is 23.3 Å². The number of nitrogens with one attached hydrogen (secondary N) is 1. The Labute approximate surface area is 642 Å². The van der Waals surface area contributed by atoms with E-state index >= 15 is 0 Å². The number of nitro groups is 1. The summed E-state index contributed by atoms with van der Waals surface area (Å²) in [6.07, 6.45) is 19.7. The maximum Gasteiger partial charge on any atom is 0.513 e. The maximum absolute atomic E-state index is 12.9. The van der Waals surface area contributed by atoms with Crippen LogP contribution in [0.2, 0.25) is 0 Å². The van der Waals surface area contributed by atoms with Crippen LogP contribution in [0.4, 0.5) is 15.3 Å². The number of benzene rings is 1. The van der Waals surface area contributed by atoms with Gasteiger partial charge in [0.2, 0.25) is 11.8 Å². The zero-order valence-electron chi connectivity index (χ0n) is 66.8. The predicted molar refractivity (Wildman–Crippen MR) is 402 cm³/mol. The molecule has 16 fully saturated rings. The average molecular weight is 1520 g/mol. The molecule has 1 aromatic carbocycles. The van der Waals surface area contributed by atoms with Crippen LogP contribution in [0.3, 0.4) is 0 Å². The highest BCUT2D eigenvalue weighted by Gasteiger charge is 2.87. The number of rotatable bonds is 14. The Balaban J connectivity index is 0.000000173. The summed E-state index contributed by atoms with van der Waals surface area (Å²) in [5.41, 5.74) is 0.327. The number of nitro benzene ring substituents is 1. The lowest BCUT2D eigenvalue weighted by Gasteiger charge is -2.64. The van der Waals surface area contributed by atoms with E-state index in [2.05, 4.69) is 74.6 Å². The number of aliphatic hydroxyl groups is 2. The van der Waals surface area contributed by atoms with Crippen molar-refractivity contribution in [3.8, 4) is 5.75 Å². The van der Waals surface area contributed by atoms with Crippen molar-refractivity contribution in [2.75, 3.05) is 80.8 Å². The number of fused-ring (bicyclic) bond motifs is 8. The fourth-order valence-electron chi connectivity index (χ4n) is 28.3. The molecule has 3 amide bonds. The second kappa shape index (κ2) is 28.8. The van der Waals surface area contributed by atoms with Crippen LogP contribution < -0.4 is 10.1 Å². The highest BCUT2D eigenvalue weighted by atomic mass is 35.5. The van der Waals surface area contributed by atoms with Gasteiger partial charge in [0.05, 0.1) is 80.1 Å². The standard InChI is InChI=1S/C43H60N2O10.C39H62N2O7.C2H7N.ClH/c1-25-20-29(23-52-38(48)54-28-10-8-27(9-11-28)45(49)50)53-36-35(25)40(4)16-17-43-24-42(43)15-14-32(39(2,3)30(42)12-13-31(43)41(40,5)37(36)47)55-34-22-44(18-19-51-34)33(46)21-26-6-7-26;1-23-18-25(21-46-34(44)40(6)7)47-32-31(23)36(4)14-15-39-22-38(39)13-12-28(35(2,3)26(38)10-11-27(39)37(36,5)33(32)43)48-30-20-41(16-17-45-30)29(42)19-24-8-9-24;1-3-2;/h8-11,25-26,29-32,34-37,47H,6-7,12-24H2,1-5H3;23-28,30-33,43H,8-22H2,1-7H3;3H,1-2H3;1H/t25-,29-,30+,31+,32+,34+,35+,36+,37+,40-,41-,42-,43+;23-,25-,26+,27+,28+,30+,31+,32+,33+,36-,37-,38-,39+;;/m11../s1. The van der Waals surface area contributed by atoms with E-state index in [-0.39, 0.29) is 165 Å². The van der Waals surface area contributed by atoms with Gasteiger partial charge in [0.25, 0.3) is 5.69 Å². The first-order valence-corrected chi connectivity index (χ1v) is 41.5. The van der Waals surface area contributed by atoms with Gasteiger partial charge in [0, 0.05) is 63.0 Å². The number of hydrogen-bond donors (Lipinski definition) is 3. The van der Waals surface area contributed by atoms with Crippen LogP contribution in [-0.2, 0) is 47.5 Å². The Morgan fingerprint density at radius 1 is 0.589 bits per heavy atom. The number of aliphatic hydroxyl groups excluding tert-OH is 2. The van der Waals surface area contributed by atoms with Crippen LogP contribution in [0.1, 0.15) is 210 Å². The van der Waals surface area contributed by atoms with Crippen LogP contribution in [-0.4, -0.2) is 196 Å². The zero-order chi connectivity index (χ0) is 75.4. The number of ether oxygens (including phenoxy) is 9. The van der Waals surface area contributed by atoms with E-state index in [1.54, 1.807) is 14.1 Å². The molecule has 1 aromatic rings. The predicted octanol–water partition coefficient (Wildman–Crippen LogP) is 13.4. The molecule has 600 valence electrons. The third-order valence-electron chi connectivity index (χ3n) is 33.7. The number of halogens is 1. The molecule has 4 spiro atoms. The van der Waals surface area contributed by atoms with Crippen molar-refractivity contribution in [1.29, 1.82) is 0 Å². The van der Waals surface area contributed by atoms with Gasteiger partial charge in [-0.25, -0.2) is 9.59 Å². The van der Waals surface area contributed by atoms with Crippen LogP contribution in [0.5, 0.6) is 5.75 Å². The number of amides is 3. The monoisotopic (exact) mass is 1520 g/mol. The topological polar surface area (TPSA) is 257 Å². The third kappa shape index (κ3) is 12.8. The highest BCUT2D eigenvalue weighted by Crippen LogP contribution is 2.91. The zero-order valence-corrected chi connectivity index (χ0v) is 67.6. The first-order valence-electron chi connectivity index (χ1n) is 41.5. The Kier molecular flexibility index (Phi) is 21.5. The Morgan fingerprint density at radius 2 is 0.991 bits per heavy atom. The first-order chi connectivity index (χ1) is 50.2. The van der Waals surface area contributed by atoms with Gasteiger partial charge in [0.15, 0.2) is 12.6 Å². The summed E-state index contributed by atoms with van der Waals surface area (Å²) in [5, 5.41) is 38.7. The molecule has 0 radical (unpaired) electrons. The van der Waals surface area contributed by atoms with Gasteiger partial charge in [0.1, 0.15) is 19.0 Å². The van der Waals surface area contributed by atoms with Crippen molar-refractivity contribution in [3.05, 3.63) is 34.4 Å². The molecule has 0 aromatic heterocycles. The summed E-state index contributed by atoms with van der Waals surface area (Å²) in [5.74, 6) is 4.99. The van der Waals surface area contributed by atoms with Crippen molar-refractivity contribution < 1.29 is 76.9 Å². The molecular formula is C84H130ClN5O17. The molecular weight excluding hydrogens is 1390 g/mol. The molecule has 3 N–H and O–H groups in total. The van der Waals surface area contributed by atoms with Crippen LogP contribution in [0.15, 0.2) is 24.3 Å². The lowest BCUT2D eigenvalue weighted by atomic mass is 9.41. The van der Waals surface area contributed by atoms with Crippen molar-refractivity contribution in [3.63, 3.8) is 0 Å². The molecule has 4 aliphatic heterocycles. The number of carbonyl (C=O) groups is 4. The normalized spacial score (nSPS) is 45.9. The lowest BCUT2D eigenvalue weighted by Crippen LogP contribution is -2.60. The van der Waals surface area contributed by atoms with E-state index in [1.807, 2.05) is 23.9 Å². The van der Waals surface area contributed by atoms with Crippen molar-refractivity contribution in [2.45, 2.75) is 272 Å². The van der Waals surface area contributed by atoms with Gasteiger partial charge in [-0.05, 0) is 257 Å². The molecule has 26 atom stereocenters. The van der Waals surface area contributed by atoms with Gasteiger partial charge in [-0.1, -0.05) is 69.2 Å². The molecule has 22 nitrogen and oxygen atoms in total. The molecule has 4 saturated heterocycles. The summed E-state index contributed by atoms with van der Waals surface area (Å²) in [4.78, 5) is 66.5. The minimum absolute atomic E-state index is 0. The Bertz CT molecular complexity index is 3470. The molecule has 4 heterocycles. The molecule has 107 heavy (non-hydrogen) atoms. The smallest absolute Gasteiger partial charge is 0.447 e. The van der Waals surface area contributed by atoms with Gasteiger partial charge in [-0.3, -0.25) is 19.7 Å². The van der Waals surface area contributed by atoms with Crippen molar-refractivity contribution in [1.82, 2.24) is 20.0 Å². The van der Waals surface area contributed by atoms with Gasteiger partial charge >= 0.3 is 12.2 Å². The largest absolute Gasteiger partial charge is 0.513 e. The highest BCUT2D eigenvalue weighted by molar-refractivity contribution is 5.85. The molecule has 0 unspecified atom stereocenters. The summed E-state index contributed by atoms with van der Waals surface area (Å²) >= 11 is 0. The van der Waals surface area contributed by atoms with Crippen LogP contribution in [0, 0.1) is 123 Å². The quantitative estimate of drug-likeness (QED) is 0.0677. The molecule has 12 saturated carbocycles. The first kappa shape index (κ1) is 79.7. The fourth-order valence-corrected chi connectivity index (χ4v) is 28.3. The average Bonchev–Trinajstić information content (AvgIpc) is 1.46. The second-order valence-electron chi connectivity index (χ2n) is 39.5. The molecule has 17 rings (SSSR count). The molecule has 16 aliphatic rings. The lowest BCUT2D eigenvalue weighted by molar-refractivity contribution is -0.384. The van der Waals surface area contributed by atoms with E-state index in [1.165, 1.54) is 93.4 Å².